The number of fused-ring (bicyclic) bond motifs is 1. The van der Waals surface area contributed by atoms with Gasteiger partial charge in [0.2, 0.25) is 11.8 Å². The molecule has 3 fully saturated rings. The Morgan fingerprint density at radius 2 is 1.77 bits per heavy atom. The van der Waals surface area contributed by atoms with Crippen LogP contribution in [0, 0.1) is 12.8 Å². The number of imide groups is 1. The summed E-state index contributed by atoms with van der Waals surface area (Å²) in [5, 5.41) is 8.25. The number of piperidine rings is 1. The number of nitrogens with zero attached hydrogens (tertiary/aromatic N) is 4. The van der Waals surface area contributed by atoms with Crippen molar-refractivity contribution in [3.8, 4) is 0 Å². The van der Waals surface area contributed by atoms with E-state index in [4.69, 9.17) is 5.10 Å². The molecule has 2 saturated heterocycles. The highest BCUT2D eigenvalue weighted by atomic mass is 16.2. The van der Waals surface area contributed by atoms with Crippen LogP contribution >= 0.6 is 0 Å². The lowest BCUT2D eigenvalue weighted by Gasteiger charge is -2.37. The lowest BCUT2D eigenvalue weighted by atomic mass is 9.86. The van der Waals surface area contributed by atoms with Crippen molar-refractivity contribution in [2.75, 3.05) is 37.6 Å². The molecule has 1 saturated carbocycles. The summed E-state index contributed by atoms with van der Waals surface area (Å²) in [6.07, 6.45) is 12.3. The Balaban J connectivity index is 1.19. The van der Waals surface area contributed by atoms with Crippen molar-refractivity contribution in [1.29, 1.82) is 0 Å². The van der Waals surface area contributed by atoms with Gasteiger partial charge in [0.15, 0.2) is 0 Å². The first-order chi connectivity index (χ1) is 17.0. The van der Waals surface area contributed by atoms with Gasteiger partial charge in [-0.1, -0.05) is 44.9 Å². The van der Waals surface area contributed by atoms with Gasteiger partial charge >= 0.3 is 0 Å². The molecule has 5 rings (SSSR count). The van der Waals surface area contributed by atoms with Crippen molar-refractivity contribution in [2.24, 2.45) is 13.0 Å². The summed E-state index contributed by atoms with van der Waals surface area (Å²) < 4.78 is 1.91. The third kappa shape index (κ3) is 5.25. The fraction of sp³-hybridized carbons (Fsp3) is 0.679. The van der Waals surface area contributed by atoms with E-state index in [0.717, 1.165) is 48.7 Å². The largest absolute Gasteiger partial charge is 0.369 e. The molecule has 1 unspecified atom stereocenters. The summed E-state index contributed by atoms with van der Waals surface area (Å²) >= 11 is 0. The first-order valence-electron chi connectivity index (χ1n) is 13.8. The zero-order valence-electron chi connectivity index (χ0n) is 21.5. The number of unbranched alkanes of at least 4 members (excludes halogenated alkanes) is 1. The molecule has 35 heavy (non-hydrogen) atoms. The number of carbonyl (C=O) groups excluding carboxylic acids is 2. The maximum atomic E-state index is 12.5. The highest BCUT2D eigenvalue weighted by Gasteiger charge is 2.32. The molecule has 1 aromatic carbocycles. The maximum absolute atomic E-state index is 12.5. The Labute approximate surface area is 209 Å². The van der Waals surface area contributed by atoms with Crippen LogP contribution in [0.15, 0.2) is 12.1 Å². The van der Waals surface area contributed by atoms with E-state index in [1.807, 2.05) is 11.7 Å². The normalized spacial score (nSPS) is 22.7. The predicted octanol–water partition coefficient (Wildman–Crippen LogP) is 4.27. The molecule has 3 heterocycles. The van der Waals surface area contributed by atoms with Crippen molar-refractivity contribution in [3.05, 3.63) is 23.4 Å². The van der Waals surface area contributed by atoms with Gasteiger partial charge in [0.25, 0.3) is 0 Å². The van der Waals surface area contributed by atoms with Crippen molar-refractivity contribution >= 4 is 28.4 Å². The third-order valence-electron chi connectivity index (χ3n) is 8.60. The van der Waals surface area contributed by atoms with Crippen molar-refractivity contribution < 1.29 is 9.59 Å². The first kappa shape index (κ1) is 24.3. The zero-order chi connectivity index (χ0) is 24.4. The van der Waals surface area contributed by atoms with E-state index in [0.29, 0.717) is 12.8 Å². The Bertz CT molecular complexity index is 1060. The smallest absolute Gasteiger partial charge is 0.235 e. The molecule has 2 amide bonds. The van der Waals surface area contributed by atoms with E-state index < -0.39 is 0 Å². The Hall–Kier alpha value is -2.41. The molecule has 1 N–H and O–H groups in total. The van der Waals surface area contributed by atoms with Gasteiger partial charge in [0.05, 0.1) is 17.1 Å². The number of aryl methyl sites for hydroxylation is 2. The molecule has 3 aliphatic rings. The number of piperazine rings is 1. The number of benzene rings is 1. The maximum Gasteiger partial charge on any atom is 0.235 e. The molecule has 7 heteroatoms. The van der Waals surface area contributed by atoms with Gasteiger partial charge in [0.1, 0.15) is 0 Å². The molecule has 2 aromatic rings. The topological polar surface area (TPSA) is 70.5 Å². The average Bonchev–Trinajstić information content (AvgIpc) is 3.20. The minimum Gasteiger partial charge on any atom is -0.369 e. The second-order valence-electron chi connectivity index (χ2n) is 10.9. The lowest BCUT2D eigenvalue weighted by Crippen LogP contribution is -2.46. The number of hydrogen-bond donors (Lipinski definition) is 1. The standard InChI is InChI=1S/C28H41N5O2/c1-20-24(33-18-16-32(17-19-33)15-7-6-10-21-8-4-3-5-9-21)13-11-22-26(30-31(2)27(20)22)23-12-14-25(34)29-28(23)35/h11,13,21,23H,3-10,12,14-19H2,1-2H3,(H,29,34,35). The molecule has 0 spiro atoms. The molecule has 0 radical (unpaired) electrons. The van der Waals surface area contributed by atoms with Crippen molar-refractivity contribution in [1.82, 2.24) is 20.0 Å². The van der Waals surface area contributed by atoms with Crippen LogP contribution in [0.1, 0.15) is 81.4 Å². The second-order valence-corrected chi connectivity index (χ2v) is 10.9. The van der Waals surface area contributed by atoms with E-state index in [-0.39, 0.29) is 17.7 Å². The van der Waals surface area contributed by atoms with E-state index in [1.54, 1.807) is 0 Å². The van der Waals surface area contributed by atoms with Gasteiger partial charge < -0.3 is 4.90 Å². The Morgan fingerprint density at radius 3 is 2.51 bits per heavy atom. The Morgan fingerprint density at radius 1 is 1.00 bits per heavy atom. The van der Waals surface area contributed by atoms with Crippen LogP contribution in [-0.4, -0.2) is 59.2 Å². The van der Waals surface area contributed by atoms with E-state index in [9.17, 15) is 9.59 Å². The lowest BCUT2D eigenvalue weighted by molar-refractivity contribution is -0.134. The molecule has 1 aromatic heterocycles. The molecular formula is C28H41N5O2. The molecule has 190 valence electrons. The van der Waals surface area contributed by atoms with Crippen LogP contribution in [0.4, 0.5) is 5.69 Å². The van der Waals surface area contributed by atoms with Crippen LogP contribution in [-0.2, 0) is 16.6 Å². The number of rotatable bonds is 7. The molecule has 7 nitrogen and oxygen atoms in total. The monoisotopic (exact) mass is 479 g/mol. The highest BCUT2D eigenvalue weighted by molar-refractivity contribution is 6.03. The number of carbonyl (C=O) groups is 2. The van der Waals surface area contributed by atoms with Gasteiger partial charge in [0, 0.05) is 50.7 Å². The van der Waals surface area contributed by atoms with Gasteiger partial charge in [-0.15, -0.1) is 0 Å². The van der Waals surface area contributed by atoms with E-state index >= 15 is 0 Å². The van der Waals surface area contributed by atoms with Crippen LogP contribution in [0.2, 0.25) is 0 Å². The summed E-state index contributed by atoms with van der Waals surface area (Å²) in [6.45, 7) is 7.74. The fourth-order valence-electron chi connectivity index (χ4n) is 6.59. The number of amides is 2. The van der Waals surface area contributed by atoms with Gasteiger partial charge in [-0.2, -0.15) is 5.10 Å². The van der Waals surface area contributed by atoms with Crippen LogP contribution in [0.5, 0.6) is 0 Å². The second kappa shape index (κ2) is 10.7. The summed E-state index contributed by atoms with van der Waals surface area (Å²) in [6, 6.07) is 4.33. The summed E-state index contributed by atoms with van der Waals surface area (Å²) in [5.41, 5.74) is 4.37. The van der Waals surface area contributed by atoms with E-state index in [1.165, 1.54) is 69.2 Å². The summed E-state index contributed by atoms with van der Waals surface area (Å²) in [5.74, 6) is 0.232. The Kier molecular flexibility index (Phi) is 7.42. The minimum atomic E-state index is -0.358. The third-order valence-corrected chi connectivity index (χ3v) is 8.60. The zero-order valence-corrected chi connectivity index (χ0v) is 21.5. The number of hydrogen-bond acceptors (Lipinski definition) is 5. The average molecular weight is 480 g/mol. The minimum absolute atomic E-state index is 0.187. The van der Waals surface area contributed by atoms with Crippen molar-refractivity contribution in [2.45, 2.75) is 77.0 Å². The predicted molar refractivity (Wildman–Crippen MR) is 140 cm³/mol. The number of aromatic nitrogens is 2. The number of anilines is 1. The molecule has 2 aliphatic heterocycles. The van der Waals surface area contributed by atoms with Gasteiger partial charge in [-0.25, -0.2) is 0 Å². The SMILES string of the molecule is Cc1c(N2CCN(CCCCC3CCCCC3)CC2)ccc2c(C3CCC(=O)NC3=O)nn(C)c12. The highest BCUT2D eigenvalue weighted by Crippen LogP contribution is 2.35. The summed E-state index contributed by atoms with van der Waals surface area (Å²) in [7, 11) is 1.96. The summed E-state index contributed by atoms with van der Waals surface area (Å²) in [4.78, 5) is 29.2. The van der Waals surface area contributed by atoms with Crippen LogP contribution < -0.4 is 10.2 Å². The number of nitrogens with one attached hydrogen (secondary N) is 1. The van der Waals surface area contributed by atoms with Crippen molar-refractivity contribution in [3.63, 3.8) is 0 Å². The quantitative estimate of drug-likeness (QED) is 0.474. The molecule has 1 aliphatic carbocycles. The van der Waals surface area contributed by atoms with Crippen LogP contribution in [0.3, 0.4) is 0 Å². The molecule has 1 atom stereocenters. The van der Waals surface area contributed by atoms with E-state index in [2.05, 4.69) is 34.2 Å². The van der Waals surface area contributed by atoms with Gasteiger partial charge in [-0.05, 0) is 49.9 Å². The fourth-order valence-corrected chi connectivity index (χ4v) is 6.59. The van der Waals surface area contributed by atoms with Gasteiger partial charge in [-0.3, -0.25) is 24.5 Å². The van der Waals surface area contributed by atoms with Crippen LogP contribution in [0.25, 0.3) is 10.9 Å². The first-order valence-corrected chi connectivity index (χ1v) is 13.8. The molecular weight excluding hydrogens is 438 g/mol. The molecule has 0 bridgehead atoms.